The summed E-state index contributed by atoms with van der Waals surface area (Å²) < 4.78 is 5.82. The monoisotopic (exact) mass is 485 g/mol. The summed E-state index contributed by atoms with van der Waals surface area (Å²) in [5.74, 6) is 0.0642. The number of rotatable bonds is 5. The zero-order valence-electron chi connectivity index (χ0n) is 19.6. The van der Waals surface area contributed by atoms with Crippen molar-refractivity contribution < 1.29 is 9.53 Å². The maximum atomic E-state index is 12.9. The minimum atomic E-state index is -0.259. The van der Waals surface area contributed by atoms with Crippen molar-refractivity contribution >= 4 is 24.4 Å². The van der Waals surface area contributed by atoms with Gasteiger partial charge >= 0.3 is 6.09 Å². The van der Waals surface area contributed by atoms with E-state index in [2.05, 4.69) is 64.0 Å². The molecule has 1 aliphatic heterocycles. The Balaban J connectivity index is 1.18. The van der Waals surface area contributed by atoms with E-state index in [1.807, 2.05) is 25.1 Å². The predicted octanol–water partition coefficient (Wildman–Crippen LogP) is 6.29. The van der Waals surface area contributed by atoms with E-state index in [9.17, 15) is 4.79 Å². The molecule has 8 heteroatoms. The van der Waals surface area contributed by atoms with Gasteiger partial charge in [-0.25, -0.2) is 4.79 Å². The van der Waals surface area contributed by atoms with Crippen molar-refractivity contribution in [3.05, 3.63) is 93.4 Å². The first-order valence-electron chi connectivity index (χ1n) is 11.7. The highest BCUT2D eigenvalue weighted by molar-refractivity contribution is 7.80. The minimum Gasteiger partial charge on any atom is -0.448 e. The average molecular weight is 486 g/mol. The van der Waals surface area contributed by atoms with Crippen molar-refractivity contribution in [2.24, 2.45) is 5.11 Å². The third-order valence-electron chi connectivity index (χ3n) is 6.99. The summed E-state index contributed by atoms with van der Waals surface area (Å²) in [6.45, 7) is 5.79. The first-order chi connectivity index (χ1) is 17.0. The molecule has 0 N–H and O–H groups in total. The quantitative estimate of drug-likeness (QED) is 0.199. The van der Waals surface area contributed by atoms with Crippen LogP contribution in [0.2, 0.25) is 0 Å². The third kappa shape index (κ3) is 4.73. The molecule has 0 aromatic heterocycles. The molecule has 0 spiro atoms. The minimum absolute atomic E-state index is 0.0642. The standard InChI is InChI=1S/C27H27N5O2S/c1-18-19(14-20(29-30-28)15-26(18)35)16-31-10-12-32(13-11-31)27(33)34-17-25-23-8-4-2-6-21(23)22-7-3-5-9-24(22)25/h2-9,14-15,25,35H,10-13,16-17H2,1H3. The number of fused-ring (bicyclic) bond motifs is 3. The van der Waals surface area contributed by atoms with Gasteiger partial charge in [0.05, 0.1) is 0 Å². The second kappa shape index (κ2) is 10.0. The highest BCUT2D eigenvalue weighted by Crippen LogP contribution is 2.44. The number of hydrogen-bond donors (Lipinski definition) is 1. The molecule has 1 fully saturated rings. The van der Waals surface area contributed by atoms with Gasteiger partial charge in [-0.3, -0.25) is 4.90 Å². The van der Waals surface area contributed by atoms with Crippen molar-refractivity contribution in [2.75, 3.05) is 32.8 Å². The first kappa shape index (κ1) is 23.3. The Kier molecular flexibility index (Phi) is 6.68. The molecule has 1 heterocycles. The van der Waals surface area contributed by atoms with Crippen LogP contribution in [0.15, 0.2) is 70.7 Å². The first-order valence-corrected chi connectivity index (χ1v) is 12.2. The molecule has 0 saturated carbocycles. The lowest BCUT2D eigenvalue weighted by atomic mass is 9.98. The van der Waals surface area contributed by atoms with Crippen LogP contribution in [0.1, 0.15) is 28.2 Å². The fourth-order valence-electron chi connectivity index (χ4n) is 5.03. The average Bonchev–Trinajstić information content (AvgIpc) is 3.20. The van der Waals surface area contributed by atoms with Crippen molar-refractivity contribution in [3.8, 4) is 11.1 Å². The molecule has 2 aliphatic rings. The molecule has 0 unspecified atom stereocenters. The van der Waals surface area contributed by atoms with Gasteiger partial charge in [-0.05, 0) is 58.0 Å². The number of azide groups is 1. The van der Waals surface area contributed by atoms with Crippen LogP contribution in [0.3, 0.4) is 0 Å². The predicted molar refractivity (Wildman–Crippen MR) is 139 cm³/mol. The summed E-state index contributed by atoms with van der Waals surface area (Å²) >= 11 is 4.51. The van der Waals surface area contributed by atoms with Gasteiger partial charge in [0, 0.05) is 54.1 Å². The molecule has 3 aromatic carbocycles. The topological polar surface area (TPSA) is 81.5 Å². The van der Waals surface area contributed by atoms with E-state index in [0.717, 1.165) is 29.1 Å². The fraction of sp³-hybridized carbons (Fsp3) is 0.296. The van der Waals surface area contributed by atoms with Gasteiger partial charge in [-0.15, -0.1) is 12.6 Å². The molecule has 0 radical (unpaired) electrons. The molecule has 1 saturated heterocycles. The summed E-state index contributed by atoms with van der Waals surface area (Å²) in [5, 5.41) is 3.72. The third-order valence-corrected chi connectivity index (χ3v) is 7.46. The van der Waals surface area contributed by atoms with Crippen LogP contribution >= 0.6 is 12.6 Å². The lowest BCUT2D eigenvalue weighted by Crippen LogP contribution is -2.48. The number of ether oxygens (including phenoxy) is 1. The second-order valence-corrected chi connectivity index (χ2v) is 9.49. The van der Waals surface area contributed by atoms with Gasteiger partial charge in [-0.1, -0.05) is 53.6 Å². The Morgan fingerprint density at radius 2 is 1.69 bits per heavy atom. The van der Waals surface area contributed by atoms with Gasteiger partial charge in [0.1, 0.15) is 6.61 Å². The molecule has 1 aliphatic carbocycles. The molecule has 5 rings (SSSR count). The molecule has 0 bridgehead atoms. The summed E-state index contributed by atoms with van der Waals surface area (Å²) in [6, 6.07) is 20.4. The van der Waals surface area contributed by atoms with E-state index in [1.165, 1.54) is 22.3 Å². The van der Waals surface area contributed by atoms with Crippen LogP contribution in [-0.4, -0.2) is 48.7 Å². The van der Waals surface area contributed by atoms with Crippen LogP contribution in [0.4, 0.5) is 10.5 Å². The molecule has 35 heavy (non-hydrogen) atoms. The molecule has 7 nitrogen and oxygen atoms in total. The zero-order chi connectivity index (χ0) is 24.4. The number of piperazine rings is 1. The van der Waals surface area contributed by atoms with E-state index < -0.39 is 0 Å². The number of thiol groups is 1. The fourth-order valence-corrected chi connectivity index (χ4v) is 5.31. The lowest BCUT2D eigenvalue weighted by Gasteiger charge is -2.34. The van der Waals surface area contributed by atoms with Crippen LogP contribution < -0.4 is 0 Å². The van der Waals surface area contributed by atoms with Crippen molar-refractivity contribution in [3.63, 3.8) is 0 Å². The van der Waals surface area contributed by atoms with Gasteiger partial charge in [0.2, 0.25) is 0 Å². The van der Waals surface area contributed by atoms with Crippen LogP contribution in [-0.2, 0) is 11.3 Å². The smallest absolute Gasteiger partial charge is 0.409 e. The highest BCUT2D eigenvalue weighted by atomic mass is 32.1. The number of amides is 1. The summed E-state index contributed by atoms with van der Waals surface area (Å²) in [4.78, 5) is 20.7. The maximum absolute atomic E-state index is 12.9. The summed E-state index contributed by atoms with van der Waals surface area (Å²) in [5.41, 5.74) is 16.4. The van der Waals surface area contributed by atoms with Crippen molar-refractivity contribution in [1.29, 1.82) is 0 Å². The SMILES string of the molecule is Cc1c(S)cc(N=[N+]=[N-])cc1CN1CCN(C(=O)OCC2c3ccccc3-c3ccccc32)CC1. The van der Waals surface area contributed by atoms with E-state index in [-0.39, 0.29) is 12.0 Å². The number of nitrogens with zero attached hydrogens (tertiary/aromatic N) is 5. The van der Waals surface area contributed by atoms with Crippen LogP contribution in [0.5, 0.6) is 0 Å². The van der Waals surface area contributed by atoms with Crippen LogP contribution in [0.25, 0.3) is 21.6 Å². The summed E-state index contributed by atoms with van der Waals surface area (Å²) in [7, 11) is 0. The van der Waals surface area contributed by atoms with E-state index in [1.54, 1.807) is 11.0 Å². The second-order valence-electron chi connectivity index (χ2n) is 9.01. The number of benzene rings is 3. The Labute approximate surface area is 210 Å². The number of carbonyl (C=O) groups is 1. The Bertz CT molecular complexity index is 1270. The lowest BCUT2D eigenvalue weighted by molar-refractivity contribution is 0.0728. The molecule has 178 valence electrons. The van der Waals surface area contributed by atoms with Crippen molar-refractivity contribution in [2.45, 2.75) is 24.3 Å². The molecular formula is C27H27N5O2S. The summed E-state index contributed by atoms with van der Waals surface area (Å²) in [6.07, 6.45) is -0.259. The molecule has 3 aromatic rings. The van der Waals surface area contributed by atoms with Gasteiger partial charge < -0.3 is 9.64 Å². The van der Waals surface area contributed by atoms with Gasteiger partial charge in [-0.2, -0.15) is 0 Å². The molecule has 1 amide bonds. The van der Waals surface area contributed by atoms with E-state index >= 15 is 0 Å². The largest absolute Gasteiger partial charge is 0.448 e. The normalized spacial score (nSPS) is 15.3. The van der Waals surface area contributed by atoms with Crippen molar-refractivity contribution in [1.82, 2.24) is 9.80 Å². The molecule has 0 atom stereocenters. The Morgan fingerprint density at radius 1 is 1.06 bits per heavy atom. The van der Waals surface area contributed by atoms with Gasteiger partial charge in [0.25, 0.3) is 0 Å². The zero-order valence-corrected chi connectivity index (χ0v) is 20.5. The Hall–Kier alpha value is -3.45. The van der Waals surface area contributed by atoms with E-state index in [0.29, 0.717) is 31.9 Å². The van der Waals surface area contributed by atoms with Crippen LogP contribution in [0, 0.1) is 6.92 Å². The van der Waals surface area contributed by atoms with E-state index in [4.69, 9.17) is 10.3 Å². The highest BCUT2D eigenvalue weighted by Gasteiger charge is 2.30. The number of carbonyl (C=O) groups excluding carboxylic acids is 1. The Morgan fingerprint density at radius 3 is 2.31 bits per heavy atom. The molecular weight excluding hydrogens is 458 g/mol. The maximum Gasteiger partial charge on any atom is 0.409 e. The van der Waals surface area contributed by atoms with Gasteiger partial charge in [0.15, 0.2) is 0 Å². The number of hydrogen-bond acceptors (Lipinski definition) is 5.